The summed E-state index contributed by atoms with van der Waals surface area (Å²) in [5.41, 5.74) is -2.70. The zero-order valence-corrected chi connectivity index (χ0v) is 16.6. The number of halogens is 3. The molecule has 1 aromatic heterocycles. The Morgan fingerprint density at radius 3 is 1.96 bits per heavy atom. The van der Waals surface area contributed by atoms with Gasteiger partial charge < -0.3 is 9.47 Å². The largest absolute Gasteiger partial charge is 0.476 e. The van der Waals surface area contributed by atoms with Crippen molar-refractivity contribution in [3.8, 4) is 5.88 Å². The van der Waals surface area contributed by atoms with Gasteiger partial charge in [0, 0.05) is 12.3 Å². The molecule has 0 aliphatic rings. The van der Waals surface area contributed by atoms with Gasteiger partial charge in [0.05, 0.1) is 5.41 Å². The van der Waals surface area contributed by atoms with E-state index in [1.165, 1.54) is 12.3 Å². The van der Waals surface area contributed by atoms with Gasteiger partial charge in [0.15, 0.2) is 0 Å². The molecule has 25 heavy (non-hydrogen) atoms. The van der Waals surface area contributed by atoms with E-state index in [9.17, 15) is 18.0 Å². The fourth-order valence-corrected chi connectivity index (χ4v) is 1.13. The molecule has 8 heteroatoms. The highest BCUT2D eigenvalue weighted by atomic mass is 19.4. The summed E-state index contributed by atoms with van der Waals surface area (Å²) in [7, 11) is 0. The Morgan fingerprint density at radius 1 is 1.08 bits per heavy atom. The Bertz CT molecular complexity index is 504. The molecule has 1 aromatic rings. The first kappa shape index (κ1) is 25.5. The standard InChI is InChI=1S/C13H19F3N2O3.2C2H6/c1-11(2,3)21-10(19)18-7-6-9(17-18)20-8-12(4,5)13(14,15)16;2*1-2/h6-7H,8H2,1-5H3;2*1-2H3. The molecule has 0 radical (unpaired) electrons. The van der Waals surface area contributed by atoms with Gasteiger partial charge in [-0.2, -0.15) is 17.9 Å². The Balaban J connectivity index is 0. The van der Waals surface area contributed by atoms with Crippen LogP contribution in [-0.2, 0) is 4.74 Å². The van der Waals surface area contributed by atoms with E-state index in [1.54, 1.807) is 20.8 Å². The van der Waals surface area contributed by atoms with Gasteiger partial charge >= 0.3 is 12.3 Å². The molecule has 0 aliphatic carbocycles. The molecule has 1 rings (SSSR count). The maximum Gasteiger partial charge on any atom is 0.435 e. The lowest BCUT2D eigenvalue weighted by atomic mass is 9.94. The zero-order chi connectivity index (χ0) is 20.5. The van der Waals surface area contributed by atoms with Gasteiger partial charge in [0.2, 0.25) is 5.88 Å². The molecule has 0 aliphatic heterocycles. The minimum absolute atomic E-state index is 0.0711. The first-order chi connectivity index (χ1) is 11.3. The number of carbonyl (C=O) groups is 1. The van der Waals surface area contributed by atoms with Crippen molar-refractivity contribution in [1.82, 2.24) is 9.78 Å². The number of alkyl halides is 3. The van der Waals surface area contributed by atoms with E-state index in [4.69, 9.17) is 9.47 Å². The molecule has 1 heterocycles. The van der Waals surface area contributed by atoms with Crippen LogP contribution in [0.5, 0.6) is 5.88 Å². The van der Waals surface area contributed by atoms with Crippen molar-refractivity contribution in [2.75, 3.05) is 6.61 Å². The second-order valence-corrected chi connectivity index (χ2v) is 6.25. The minimum Gasteiger partial charge on any atom is -0.476 e. The Labute approximate surface area is 148 Å². The highest BCUT2D eigenvalue weighted by Gasteiger charge is 2.48. The van der Waals surface area contributed by atoms with Gasteiger partial charge in [-0.05, 0) is 34.6 Å². The summed E-state index contributed by atoms with van der Waals surface area (Å²) in [6.07, 6.45) is -3.85. The molecule has 0 spiro atoms. The topological polar surface area (TPSA) is 53.4 Å². The molecule has 0 amide bonds. The lowest BCUT2D eigenvalue weighted by Crippen LogP contribution is -2.37. The number of hydrogen-bond donors (Lipinski definition) is 0. The van der Waals surface area contributed by atoms with Gasteiger partial charge in [0.1, 0.15) is 12.2 Å². The molecule has 0 bridgehead atoms. The summed E-state index contributed by atoms with van der Waals surface area (Å²) in [6, 6.07) is 1.30. The highest BCUT2D eigenvalue weighted by molar-refractivity contribution is 5.69. The zero-order valence-electron chi connectivity index (χ0n) is 16.6. The SMILES string of the molecule is CC.CC.CC(C)(C)OC(=O)n1ccc(OCC(C)(C)C(F)(F)F)n1. The summed E-state index contributed by atoms with van der Waals surface area (Å²) in [5.74, 6) is -0.0711. The van der Waals surface area contributed by atoms with Crippen molar-refractivity contribution in [3.05, 3.63) is 12.3 Å². The van der Waals surface area contributed by atoms with E-state index in [2.05, 4.69) is 5.10 Å². The molecular formula is C17H31F3N2O3. The number of ether oxygens (including phenoxy) is 2. The highest BCUT2D eigenvalue weighted by Crippen LogP contribution is 2.37. The number of rotatable bonds is 3. The van der Waals surface area contributed by atoms with Crippen molar-refractivity contribution < 1.29 is 27.4 Å². The van der Waals surface area contributed by atoms with E-state index in [0.717, 1.165) is 18.5 Å². The molecule has 5 nitrogen and oxygen atoms in total. The van der Waals surface area contributed by atoms with Crippen LogP contribution in [0.15, 0.2) is 12.3 Å². The van der Waals surface area contributed by atoms with E-state index < -0.39 is 29.9 Å². The normalized spacial score (nSPS) is 11.5. The maximum absolute atomic E-state index is 12.7. The Hall–Kier alpha value is -1.73. The molecule has 148 valence electrons. The number of aromatic nitrogens is 2. The van der Waals surface area contributed by atoms with Gasteiger partial charge in [-0.25, -0.2) is 4.79 Å². The van der Waals surface area contributed by atoms with E-state index in [1.807, 2.05) is 27.7 Å². The summed E-state index contributed by atoms with van der Waals surface area (Å²) < 4.78 is 49.0. The first-order valence-electron chi connectivity index (χ1n) is 8.30. The van der Waals surface area contributed by atoms with Gasteiger partial charge in [-0.3, -0.25) is 0 Å². The van der Waals surface area contributed by atoms with Gasteiger partial charge in [-0.1, -0.05) is 27.7 Å². The van der Waals surface area contributed by atoms with Crippen molar-refractivity contribution in [2.24, 2.45) is 5.41 Å². The quantitative estimate of drug-likeness (QED) is 0.688. The van der Waals surface area contributed by atoms with Crippen molar-refractivity contribution >= 4 is 6.09 Å². The predicted molar refractivity (Wildman–Crippen MR) is 91.9 cm³/mol. The number of hydrogen-bond acceptors (Lipinski definition) is 4. The fourth-order valence-electron chi connectivity index (χ4n) is 1.13. The summed E-state index contributed by atoms with van der Waals surface area (Å²) in [5, 5.41) is 3.73. The molecule has 0 aromatic carbocycles. The number of nitrogens with zero attached hydrogens (tertiary/aromatic N) is 2. The lowest BCUT2D eigenvalue weighted by molar-refractivity contribution is -0.219. The summed E-state index contributed by atoms with van der Waals surface area (Å²) in [6.45, 7) is 14.5. The van der Waals surface area contributed by atoms with Crippen LogP contribution >= 0.6 is 0 Å². The van der Waals surface area contributed by atoms with Crippen LogP contribution in [0, 0.1) is 5.41 Å². The average Bonchev–Trinajstić information content (AvgIpc) is 2.96. The molecule has 0 saturated carbocycles. The van der Waals surface area contributed by atoms with Crippen molar-refractivity contribution in [1.29, 1.82) is 0 Å². The molecule has 0 atom stereocenters. The van der Waals surface area contributed by atoms with Crippen LogP contribution in [0.2, 0.25) is 0 Å². The van der Waals surface area contributed by atoms with E-state index in [-0.39, 0.29) is 5.88 Å². The van der Waals surface area contributed by atoms with E-state index >= 15 is 0 Å². The second-order valence-electron chi connectivity index (χ2n) is 6.25. The third-order valence-corrected chi connectivity index (χ3v) is 2.49. The maximum atomic E-state index is 12.7. The Kier molecular flexibility index (Phi) is 10.5. The molecule has 0 fully saturated rings. The molecule has 0 saturated heterocycles. The number of carbonyl (C=O) groups excluding carboxylic acids is 1. The van der Waals surface area contributed by atoms with Crippen LogP contribution in [0.25, 0.3) is 0 Å². The average molecular weight is 368 g/mol. The van der Waals surface area contributed by atoms with Crippen LogP contribution in [0.4, 0.5) is 18.0 Å². The van der Waals surface area contributed by atoms with Gasteiger partial charge in [0.25, 0.3) is 0 Å². The molecule has 0 N–H and O–H groups in total. The first-order valence-corrected chi connectivity index (χ1v) is 8.30. The minimum atomic E-state index is -4.39. The summed E-state index contributed by atoms with van der Waals surface area (Å²) >= 11 is 0. The summed E-state index contributed by atoms with van der Waals surface area (Å²) in [4.78, 5) is 11.7. The smallest absolute Gasteiger partial charge is 0.435 e. The lowest BCUT2D eigenvalue weighted by Gasteiger charge is -2.26. The molecular weight excluding hydrogens is 337 g/mol. The monoisotopic (exact) mass is 368 g/mol. The van der Waals surface area contributed by atoms with Crippen molar-refractivity contribution in [2.45, 2.75) is 74.1 Å². The Morgan fingerprint density at radius 2 is 1.56 bits per heavy atom. The third-order valence-electron chi connectivity index (χ3n) is 2.49. The van der Waals surface area contributed by atoms with Crippen LogP contribution in [0.1, 0.15) is 62.3 Å². The van der Waals surface area contributed by atoms with Crippen LogP contribution < -0.4 is 4.74 Å². The van der Waals surface area contributed by atoms with Gasteiger partial charge in [-0.15, -0.1) is 5.10 Å². The van der Waals surface area contributed by atoms with Crippen LogP contribution in [0.3, 0.4) is 0 Å². The predicted octanol–water partition coefficient (Wildman–Crippen LogP) is 5.69. The van der Waals surface area contributed by atoms with Crippen molar-refractivity contribution in [3.63, 3.8) is 0 Å². The second kappa shape index (κ2) is 10.3. The molecule has 0 unspecified atom stereocenters. The fraction of sp³-hybridized carbons (Fsp3) is 0.765. The third kappa shape index (κ3) is 9.36. The van der Waals surface area contributed by atoms with E-state index in [0.29, 0.717) is 0 Å². The van der Waals surface area contributed by atoms with Crippen LogP contribution in [-0.4, -0.2) is 34.3 Å².